The van der Waals surface area contributed by atoms with Crippen molar-refractivity contribution in [2.45, 2.75) is 12.1 Å². The smallest absolute Gasteiger partial charge is 0.267 e. The van der Waals surface area contributed by atoms with Gasteiger partial charge in [-0.05, 0) is 12.1 Å². The highest BCUT2D eigenvalue weighted by atomic mass is 16.6. The molecule has 1 fully saturated rings. The second-order valence-corrected chi connectivity index (χ2v) is 6.71. The van der Waals surface area contributed by atoms with Gasteiger partial charge in [0.15, 0.2) is 11.5 Å². The van der Waals surface area contributed by atoms with Gasteiger partial charge in [-0.25, -0.2) is 4.68 Å². The lowest BCUT2D eigenvalue weighted by molar-refractivity contribution is -0.147. The fourth-order valence-corrected chi connectivity index (χ4v) is 3.34. The van der Waals surface area contributed by atoms with E-state index in [1.54, 1.807) is 4.90 Å². The van der Waals surface area contributed by atoms with Crippen LogP contribution < -0.4 is 9.47 Å². The highest BCUT2D eigenvalue weighted by Crippen LogP contribution is 2.32. The van der Waals surface area contributed by atoms with Gasteiger partial charge >= 0.3 is 0 Å². The van der Waals surface area contributed by atoms with Crippen molar-refractivity contribution in [2.24, 2.45) is 0 Å². The number of aromatic nitrogens is 3. The predicted molar refractivity (Wildman–Crippen MR) is 97.4 cm³/mol. The number of amides is 1. The van der Waals surface area contributed by atoms with E-state index in [1.165, 1.54) is 0 Å². The zero-order chi connectivity index (χ0) is 18.2. The predicted octanol–water partition coefficient (Wildman–Crippen LogP) is 2.17. The minimum Gasteiger partial charge on any atom is -0.485 e. The van der Waals surface area contributed by atoms with Crippen LogP contribution in [0.1, 0.15) is 6.04 Å². The van der Waals surface area contributed by atoms with E-state index in [0.29, 0.717) is 24.6 Å². The molecule has 3 aromatic rings. The minimum atomic E-state index is -0.600. The molecule has 0 saturated carbocycles. The lowest BCUT2D eigenvalue weighted by Crippen LogP contribution is -2.56. The monoisotopic (exact) mass is 362 g/mol. The van der Waals surface area contributed by atoms with E-state index in [9.17, 15) is 4.79 Å². The molecule has 1 unspecified atom stereocenters. The van der Waals surface area contributed by atoms with Gasteiger partial charge < -0.3 is 14.4 Å². The molecule has 3 heterocycles. The molecule has 1 amide bonds. The van der Waals surface area contributed by atoms with Crippen molar-refractivity contribution in [1.82, 2.24) is 19.9 Å². The molecule has 1 aromatic heterocycles. The number of hydrogen-bond acceptors (Lipinski definition) is 5. The number of ether oxygens (including phenoxy) is 2. The number of carbonyl (C=O) groups is 1. The largest absolute Gasteiger partial charge is 0.485 e. The van der Waals surface area contributed by atoms with Crippen LogP contribution in [-0.4, -0.2) is 51.6 Å². The van der Waals surface area contributed by atoms with E-state index in [0.717, 1.165) is 11.3 Å². The lowest BCUT2D eigenvalue weighted by Gasteiger charge is -2.41. The zero-order valence-electron chi connectivity index (χ0n) is 14.6. The Hall–Kier alpha value is -3.35. The molecule has 0 aliphatic carbocycles. The molecule has 5 rings (SSSR count). The van der Waals surface area contributed by atoms with Crippen molar-refractivity contribution in [3.8, 4) is 22.8 Å². The van der Waals surface area contributed by atoms with Crippen LogP contribution in [0.5, 0.6) is 11.5 Å². The van der Waals surface area contributed by atoms with E-state index in [4.69, 9.17) is 9.47 Å². The first-order chi connectivity index (χ1) is 13.3. The number of likely N-dealkylation sites (tertiary alicyclic amines) is 1. The molecule has 27 heavy (non-hydrogen) atoms. The number of benzene rings is 2. The van der Waals surface area contributed by atoms with Crippen LogP contribution in [0.3, 0.4) is 0 Å². The molecule has 2 aliphatic rings. The maximum Gasteiger partial charge on any atom is 0.267 e. The SMILES string of the molecule is O=C(C1COc2ccccc2O1)N1CC(n2cc(-c3ccccc3)nn2)C1. The van der Waals surface area contributed by atoms with Gasteiger partial charge in [0.1, 0.15) is 12.3 Å². The molecule has 2 aromatic carbocycles. The van der Waals surface area contributed by atoms with Crippen LogP contribution in [-0.2, 0) is 4.79 Å². The van der Waals surface area contributed by atoms with E-state index < -0.39 is 6.10 Å². The quantitative estimate of drug-likeness (QED) is 0.714. The summed E-state index contributed by atoms with van der Waals surface area (Å²) in [5.74, 6) is 1.24. The van der Waals surface area contributed by atoms with Gasteiger partial charge in [0.25, 0.3) is 5.91 Å². The lowest BCUT2D eigenvalue weighted by atomic mass is 10.1. The molecule has 0 N–H and O–H groups in total. The molecule has 7 heteroatoms. The molecule has 1 saturated heterocycles. The third kappa shape index (κ3) is 2.91. The topological polar surface area (TPSA) is 69.5 Å². The van der Waals surface area contributed by atoms with Crippen molar-refractivity contribution in [2.75, 3.05) is 19.7 Å². The summed E-state index contributed by atoms with van der Waals surface area (Å²) in [5, 5.41) is 8.46. The Morgan fingerprint density at radius 3 is 2.56 bits per heavy atom. The van der Waals surface area contributed by atoms with Crippen molar-refractivity contribution in [1.29, 1.82) is 0 Å². The van der Waals surface area contributed by atoms with Gasteiger partial charge in [0.05, 0.1) is 12.2 Å². The normalized spacial score (nSPS) is 18.8. The summed E-state index contributed by atoms with van der Waals surface area (Å²) in [6, 6.07) is 17.5. The Morgan fingerprint density at radius 1 is 1.00 bits per heavy atom. The molecule has 1 atom stereocenters. The Bertz CT molecular complexity index is 966. The Labute approximate surface area is 156 Å². The maximum atomic E-state index is 12.7. The van der Waals surface area contributed by atoms with Gasteiger partial charge in [0.2, 0.25) is 6.10 Å². The van der Waals surface area contributed by atoms with E-state index >= 15 is 0 Å². The van der Waals surface area contributed by atoms with Crippen molar-refractivity contribution in [3.63, 3.8) is 0 Å². The molecule has 7 nitrogen and oxygen atoms in total. The number of hydrogen-bond donors (Lipinski definition) is 0. The molecular weight excluding hydrogens is 344 g/mol. The number of nitrogens with zero attached hydrogens (tertiary/aromatic N) is 4. The van der Waals surface area contributed by atoms with Crippen molar-refractivity contribution >= 4 is 5.91 Å². The van der Waals surface area contributed by atoms with Crippen LogP contribution in [0.25, 0.3) is 11.3 Å². The summed E-state index contributed by atoms with van der Waals surface area (Å²) in [6.45, 7) is 1.42. The van der Waals surface area contributed by atoms with Gasteiger partial charge in [-0.15, -0.1) is 5.10 Å². The second-order valence-electron chi connectivity index (χ2n) is 6.71. The van der Waals surface area contributed by atoms with Crippen LogP contribution in [0.15, 0.2) is 60.8 Å². The van der Waals surface area contributed by atoms with Crippen molar-refractivity contribution < 1.29 is 14.3 Å². The Morgan fingerprint density at radius 2 is 1.74 bits per heavy atom. The molecule has 136 valence electrons. The third-order valence-electron chi connectivity index (χ3n) is 4.91. The van der Waals surface area contributed by atoms with E-state index in [-0.39, 0.29) is 18.6 Å². The molecule has 0 spiro atoms. The summed E-state index contributed by atoms with van der Waals surface area (Å²) in [4.78, 5) is 14.4. The summed E-state index contributed by atoms with van der Waals surface area (Å²) >= 11 is 0. The molecule has 0 bridgehead atoms. The summed E-state index contributed by atoms with van der Waals surface area (Å²) in [5.41, 5.74) is 1.86. The minimum absolute atomic E-state index is 0.0517. The average molecular weight is 362 g/mol. The van der Waals surface area contributed by atoms with Crippen LogP contribution in [0.4, 0.5) is 0 Å². The summed E-state index contributed by atoms with van der Waals surface area (Å²) in [6.07, 6.45) is 1.33. The Kier molecular flexibility index (Phi) is 3.78. The number of carbonyl (C=O) groups excluding carboxylic acids is 1. The van der Waals surface area contributed by atoms with Crippen LogP contribution >= 0.6 is 0 Å². The van der Waals surface area contributed by atoms with Gasteiger partial charge in [0, 0.05) is 18.7 Å². The van der Waals surface area contributed by atoms with Crippen molar-refractivity contribution in [3.05, 3.63) is 60.8 Å². The van der Waals surface area contributed by atoms with Gasteiger partial charge in [-0.3, -0.25) is 4.79 Å². The first-order valence-electron chi connectivity index (χ1n) is 8.92. The first kappa shape index (κ1) is 15.9. The second kappa shape index (κ2) is 6.42. The zero-order valence-corrected chi connectivity index (χ0v) is 14.6. The average Bonchev–Trinajstić information content (AvgIpc) is 3.17. The molecule has 2 aliphatic heterocycles. The van der Waals surface area contributed by atoms with E-state index in [2.05, 4.69) is 10.3 Å². The third-order valence-corrected chi connectivity index (χ3v) is 4.91. The van der Waals surface area contributed by atoms with Gasteiger partial charge in [-0.2, -0.15) is 0 Å². The van der Waals surface area contributed by atoms with Gasteiger partial charge in [-0.1, -0.05) is 47.7 Å². The number of fused-ring (bicyclic) bond motifs is 1. The number of rotatable bonds is 3. The summed E-state index contributed by atoms with van der Waals surface area (Å²) < 4.78 is 13.3. The standard InChI is InChI=1S/C20H18N4O3/c25-20(19-13-26-17-8-4-5-9-18(17)27-19)23-10-15(11-23)24-12-16(21-22-24)14-6-2-1-3-7-14/h1-9,12,15,19H,10-11,13H2. The van der Waals surface area contributed by atoms with Crippen LogP contribution in [0.2, 0.25) is 0 Å². The highest BCUT2D eigenvalue weighted by molar-refractivity contribution is 5.82. The highest BCUT2D eigenvalue weighted by Gasteiger charge is 2.38. The molecular formula is C20H18N4O3. The maximum absolute atomic E-state index is 12.7. The Balaban J connectivity index is 1.21. The van der Waals surface area contributed by atoms with E-state index in [1.807, 2.05) is 65.5 Å². The fourth-order valence-electron chi connectivity index (χ4n) is 3.34. The van der Waals surface area contributed by atoms with Crippen LogP contribution in [0, 0.1) is 0 Å². The summed E-state index contributed by atoms with van der Waals surface area (Å²) in [7, 11) is 0. The fraction of sp³-hybridized carbons (Fsp3) is 0.250. The first-order valence-corrected chi connectivity index (χ1v) is 8.92. The number of para-hydroxylation sites is 2. The molecule has 0 radical (unpaired) electrons.